The zero-order valence-electron chi connectivity index (χ0n) is 17.6. The lowest BCUT2D eigenvalue weighted by molar-refractivity contribution is 0.566. The molecule has 3 aromatic rings. The lowest BCUT2D eigenvalue weighted by Gasteiger charge is -2.08. The maximum Gasteiger partial charge on any atom is 0.143 e. The fraction of sp³-hybridized carbons (Fsp3) is 0.423. The van der Waals surface area contributed by atoms with Crippen LogP contribution >= 0.6 is 0 Å². The number of unbranched alkanes of at least 4 members (excludes halogenated alkanes) is 9. The standard InChI is InChI=1S/C26H33FN2/c1-2-3-4-5-6-7-8-9-10-11-17-23(27)25-21-22-16-12-13-18-24(22)29(25)26-19-14-15-20-28-26/h12-21H,2-11H2,1H3/b23-17-. The Hall–Kier alpha value is -2.42. The van der Waals surface area contributed by atoms with E-state index in [4.69, 9.17) is 0 Å². The molecule has 29 heavy (non-hydrogen) atoms. The Kier molecular flexibility index (Phi) is 8.48. The number of para-hydroxylation sites is 1. The lowest BCUT2D eigenvalue weighted by atomic mass is 10.1. The van der Waals surface area contributed by atoms with Crippen LogP contribution in [-0.4, -0.2) is 9.55 Å². The van der Waals surface area contributed by atoms with Gasteiger partial charge in [0.15, 0.2) is 0 Å². The molecule has 2 nitrogen and oxygen atoms in total. The van der Waals surface area contributed by atoms with E-state index in [0.717, 1.165) is 29.6 Å². The van der Waals surface area contributed by atoms with E-state index >= 15 is 4.39 Å². The number of fused-ring (bicyclic) bond motifs is 1. The maximum absolute atomic E-state index is 15.1. The molecule has 0 fully saturated rings. The van der Waals surface area contributed by atoms with Crippen molar-refractivity contribution >= 4 is 16.7 Å². The number of pyridine rings is 1. The molecule has 154 valence electrons. The highest BCUT2D eigenvalue weighted by Crippen LogP contribution is 2.29. The highest BCUT2D eigenvalue weighted by Gasteiger charge is 2.14. The van der Waals surface area contributed by atoms with Crippen molar-refractivity contribution in [3.05, 3.63) is 66.5 Å². The van der Waals surface area contributed by atoms with Crippen LogP contribution in [0.4, 0.5) is 4.39 Å². The average molecular weight is 393 g/mol. The largest absolute Gasteiger partial charge is 0.291 e. The quantitative estimate of drug-likeness (QED) is 0.284. The van der Waals surface area contributed by atoms with E-state index in [1.54, 1.807) is 12.3 Å². The van der Waals surface area contributed by atoms with E-state index in [1.165, 1.54) is 51.4 Å². The molecule has 0 atom stereocenters. The highest BCUT2D eigenvalue weighted by atomic mass is 19.1. The normalized spacial score (nSPS) is 12.0. The van der Waals surface area contributed by atoms with Crippen LogP contribution < -0.4 is 0 Å². The van der Waals surface area contributed by atoms with Crippen LogP contribution in [0.1, 0.15) is 76.8 Å². The van der Waals surface area contributed by atoms with Crippen LogP contribution in [0.2, 0.25) is 0 Å². The van der Waals surface area contributed by atoms with Crippen molar-refractivity contribution < 1.29 is 4.39 Å². The number of hydrogen-bond donors (Lipinski definition) is 0. The van der Waals surface area contributed by atoms with Gasteiger partial charge in [0.25, 0.3) is 0 Å². The molecule has 0 radical (unpaired) electrons. The minimum absolute atomic E-state index is 0.161. The van der Waals surface area contributed by atoms with Gasteiger partial charge in [-0.15, -0.1) is 0 Å². The summed E-state index contributed by atoms with van der Waals surface area (Å²) < 4.78 is 17.0. The molecular weight excluding hydrogens is 359 g/mol. The van der Waals surface area contributed by atoms with Crippen LogP contribution in [0.3, 0.4) is 0 Å². The first-order valence-electron chi connectivity index (χ1n) is 11.2. The summed E-state index contributed by atoms with van der Waals surface area (Å²) in [6, 6.07) is 15.7. The lowest BCUT2D eigenvalue weighted by Crippen LogP contribution is -2.00. The summed E-state index contributed by atoms with van der Waals surface area (Å²) in [5.74, 6) is 0.585. The minimum atomic E-state index is -0.161. The molecule has 2 aromatic heterocycles. The number of nitrogens with zero attached hydrogens (tertiary/aromatic N) is 2. The third kappa shape index (κ3) is 6.03. The van der Waals surface area contributed by atoms with Crippen molar-refractivity contribution in [3.63, 3.8) is 0 Å². The molecule has 0 aliphatic carbocycles. The first-order valence-corrected chi connectivity index (χ1v) is 11.2. The molecule has 0 aliphatic rings. The molecule has 3 heteroatoms. The Balaban J connectivity index is 1.59. The SMILES string of the molecule is CCCCCCCCCCC/C=C(\F)c1cc2ccccc2n1-c1ccccn1. The number of allylic oxidation sites excluding steroid dienone is 1. The van der Waals surface area contributed by atoms with Gasteiger partial charge >= 0.3 is 0 Å². The first-order chi connectivity index (χ1) is 14.3. The third-order valence-electron chi connectivity index (χ3n) is 5.47. The summed E-state index contributed by atoms with van der Waals surface area (Å²) in [5.41, 5.74) is 1.56. The Morgan fingerprint density at radius 2 is 1.59 bits per heavy atom. The van der Waals surface area contributed by atoms with E-state index in [0.29, 0.717) is 5.69 Å². The summed E-state index contributed by atoms with van der Waals surface area (Å²) in [7, 11) is 0. The second-order valence-electron chi connectivity index (χ2n) is 7.78. The molecule has 0 saturated carbocycles. The van der Waals surface area contributed by atoms with Crippen LogP contribution in [0, 0.1) is 0 Å². The molecule has 0 N–H and O–H groups in total. The fourth-order valence-electron chi connectivity index (χ4n) is 3.85. The van der Waals surface area contributed by atoms with Gasteiger partial charge in [0.2, 0.25) is 0 Å². The van der Waals surface area contributed by atoms with Gasteiger partial charge in [0, 0.05) is 11.6 Å². The number of rotatable bonds is 12. The smallest absolute Gasteiger partial charge is 0.143 e. The minimum Gasteiger partial charge on any atom is -0.291 e. The van der Waals surface area contributed by atoms with Gasteiger partial charge in [-0.25, -0.2) is 9.37 Å². The average Bonchev–Trinajstić information content (AvgIpc) is 3.15. The monoisotopic (exact) mass is 392 g/mol. The van der Waals surface area contributed by atoms with Gasteiger partial charge in [-0.3, -0.25) is 4.57 Å². The molecule has 3 rings (SSSR count). The van der Waals surface area contributed by atoms with Gasteiger partial charge in [-0.1, -0.05) is 82.6 Å². The van der Waals surface area contributed by atoms with Crippen molar-refractivity contribution in [2.45, 2.75) is 71.1 Å². The summed E-state index contributed by atoms with van der Waals surface area (Å²) in [6.07, 6.45) is 15.8. The summed E-state index contributed by atoms with van der Waals surface area (Å²) in [5, 5.41) is 1.03. The van der Waals surface area contributed by atoms with E-state index < -0.39 is 0 Å². The zero-order chi connectivity index (χ0) is 20.3. The molecule has 0 saturated heterocycles. The van der Waals surface area contributed by atoms with Gasteiger partial charge in [-0.05, 0) is 43.2 Å². The Labute approximate surface area is 174 Å². The van der Waals surface area contributed by atoms with Crippen LogP contribution in [0.15, 0.2) is 60.8 Å². The molecule has 1 aromatic carbocycles. The topological polar surface area (TPSA) is 17.8 Å². The second kappa shape index (κ2) is 11.5. The van der Waals surface area contributed by atoms with E-state index in [9.17, 15) is 0 Å². The van der Waals surface area contributed by atoms with Gasteiger partial charge in [-0.2, -0.15) is 0 Å². The van der Waals surface area contributed by atoms with E-state index in [-0.39, 0.29) is 5.83 Å². The molecule has 0 unspecified atom stereocenters. The van der Waals surface area contributed by atoms with Gasteiger partial charge in [0.1, 0.15) is 11.6 Å². The van der Waals surface area contributed by atoms with Crippen molar-refractivity contribution in [2.75, 3.05) is 0 Å². The van der Waals surface area contributed by atoms with Gasteiger partial charge < -0.3 is 0 Å². The predicted molar refractivity (Wildman–Crippen MR) is 122 cm³/mol. The second-order valence-corrected chi connectivity index (χ2v) is 7.78. The highest BCUT2D eigenvalue weighted by molar-refractivity contribution is 5.86. The molecule has 0 spiro atoms. The van der Waals surface area contributed by atoms with Crippen molar-refractivity contribution in [2.24, 2.45) is 0 Å². The van der Waals surface area contributed by atoms with Crippen molar-refractivity contribution in [3.8, 4) is 5.82 Å². The first kappa shape index (κ1) is 21.3. The van der Waals surface area contributed by atoms with Crippen molar-refractivity contribution in [1.82, 2.24) is 9.55 Å². The maximum atomic E-state index is 15.1. The van der Waals surface area contributed by atoms with Crippen LogP contribution in [0.25, 0.3) is 22.5 Å². The number of halogens is 1. The molecule has 0 bridgehead atoms. The number of aromatic nitrogens is 2. The molecular formula is C26H33FN2. The Bertz CT molecular complexity index is 895. The predicted octanol–water partition coefficient (Wildman–Crippen LogP) is 8.26. The summed E-state index contributed by atoms with van der Waals surface area (Å²) >= 11 is 0. The summed E-state index contributed by atoms with van der Waals surface area (Å²) in [4.78, 5) is 4.44. The van der Waals surface area contributed by atoms with Crippen LogP contribution in [-0.2, 0) is 0 Å². The van der Waals surface area contributed by atoms with E-state index in [1.807, 2.05) is 53.1 Å². The number of hydrogen-bond acceptors (Lipinski definition) is 1. The fourth-order valence-corrected chi connectivity index (χ4v) is 3.85. The van der Waals surface area contributed by atoms with Gasteiger partial charge in [0.05, 0.1) is 11.2 Å². The third-order valence-corrected chi connectivity index (χ3v) is 5.47. The molecule has 0 amide bonds. The van der Waals surface area contributed by atoms with Crippen molar-refractivity contribution in [1.29, 1.82) is 0 Å². The van der Waals surface area contributed by atoms with E-state index in [2.05, 4.69) is 11.9 Å². The zero-order valence-corrected chi connectivity index (χ0v) is 17.6. The molecule has 2 heterocycles. The molecule has 0 aliphatic heterocycles. The number of benzene rings is 1. The Morgan fingerprint density at radius 3 is 2.31 bits per heavy atom. The summed E-state index contributed by atoms with van der Waals surface area (Å²) in [6.45, 7) is 2.25. The Morgan fingerprint density at radius 1 is 0.897 bits per heavy atom. The van der Waals surface area contributed by atoms with Crippen LogP contribution in [0.5, 0.6) is 0 Å².